The first-order chi connectivity index (χ1) is 21.0. The quantitative estimate of drug-likeness (QED) is 0.281. The molecule has 2 saturated carbocycles. The minimum absolute atomic E-state index is 0.0200. The maximum atomic E-state index is 12.1. The lowest BCUT2D eigenvalue weighted by atomic mass is 9.80. The average molecular weight is 645 g/mol. The molecule has 2 aliphatic heterocycles. The summed E-state index contributed by atoms with van der Waals surface area (Å²) < 4.78 is 37.9. The zero-order valence-corrected chi connectivity index (χ0v) is 27.7. The van der Waals surface area contributed by atoms with Crippen LogP contribution in [0.4, 0.5) is 9.59 Å². The Morgan fingerprint density at radius 3 is 1.31 bits per heavy atom. The molecule has 258 valence electrons. The fourth-order valence-electron chi connectivity index (χ4n) is 6.14. The minimum atomic E-state index is -1.04. The number of rotatable bonds is 6. The van der Waals surface area contributed by atoms with E-state index in [1.165, 1.54) is 7.11 Å². The average Bonchev–Trinajstić information content (AvgIpc) is 3.59. The van der Waals surface area contributed by atoms with Crippen LogP contribution in [0.25, 0.3) is 0 Å². The lowest BCUT2D eigenvalue weighted by Crippen LogP contribution is -2.50. The van der Waals surface area contributed by atoms with Crippen molar-refractivity contribution < 1.29 is 57.4 Å². The van der Waals surface area contributed by atoms with Gasteiger partial charge in [0.25, 0.3) is 0 Å². The highest BCUT2D eigenvalue weighted by atomic mass is 16.7. The fraction of sp³-hybridized carbons (Fsp3) is 0.871. The van der Waals surface area contributed by atoms with Crippen molar-refractivity contribution in [2.24, 2.45) is 11.8 Å². The number of methoxy groups -OCH3 is 1. The van der Waals surface area contributed by atoms with Crippen LogP contribution in [0.5, 0.6) is 0 Å². The monoisotopic (exact) mass is 644 g/mol. The van der Waals surface area contributed by atoms with Gasteiger partial charge in [0, 0.05) is 25.7 Å². The van der Waals surface area contributed by atoms with Gasteiger partial charge in [-0.3, -0.25) is 0 Å². The zero-order valence-electron chi connectivity index (χ0n) is 27.7. The van der Waals surface area contributed by atoms with E-state index >= 15 is 0 Å². The maximum absolute atomic E-state index is 12.1. The number of hydrogen-bond acceptors (Lipinski definition) is 11. The number of esters is 1. The number of alkyl carbamates (subject to hydrolysis) is 2. The molecule has 4 fully saturated rings. The van der Waals surface area contributed by atoms with E-state index in [4.69, 9.17) is 33.2 Å². The number of ether oxygens (including phenoxy) is 7. The van der Waals surface area contributed by atoms with Crippen LogP contribution >= 0.6 is 0 Å². The molecular formula is C31H52N2O12. The Morgan fingerprint density at radius 1 is 0.667 bits per heavy atom. The van der Waals surface area contributed by atoms with E-state index in [0.29, 0.717) is 65.0 Å². The smallest absolute Gasteiger partial charge is 0.408 e. The maximum Gasteiger partial charge on any atom is 0.408 e. The molecule has 2 unspecified atom stereocenters. The Labute approximate surface area is 265 Å². The Morgan fingerprint density at radius 2 is 1.00 bits per heavy atom. The molecule has 2 atom stereocenters. The Bertz CT molecular complexity index is 1000. The third kappa shape index (κ3) is 11.3. The summed E-state index contributed by atoms with van der Waals surface area (Å²) in [5, 5.41) is 14.5. The van der Waals surface area contributed by atoms with Crippen molar-refractivity contribution in [1.82, 2.24) is 10.6 Å². The number of aliphatic carboxylic acids is 1. The van der Waals surface area contributed by atoms with Gasteiger partial charge in [-0.25, -0.2) is 19.2 Å². The van der Waals surface area contributed by atoms with Gasteiger partial charge in [-0.15, -0.1) is 0 Å². The van der Waals surface area contributed by atoms with Gasteiger partial charge < -0.3 is 48.9 Å². The summed E-state index contributed by atoms with van der Waals surface area (Å²) >= 11 is 0. The summed E-state index contributed by atoms with van der Waals surface area (Å²) in [6.07, 6.45) is 4.11. The largest absolute Gasteiger partial charge is 0.480 e. The Hall–Kier alpha value is -2.68. The van der Waals surface area contributed by atoms with Gasteiger partial charge in [-0.2, -0.15) is 0 Å². The Balaban J connectivity index is 0.000000246. The summed E-state index contributed by atoms with van der Waals surface area (Å²) in [5.41, 5.74) is -1.28. The first-order valence-corrected chi connectivity index (χ1v) is 15.8. The highest BCUT2D eigenvalue weighted by Crippen LogP contribution is 2.40. The summed E-state index contributed by atoms with van der Waals surface area (Å²) in [5.74, 6) is -2.70. The van der Waals surface area contributed by atoms with Gasteiger partial charge in [-0.1, -0.05) is 0 Å². The van der Waals surface area contributed by atoms with E-state index in [-0.39, 0.29) is 11.8 Å². The molecule has 2 heterocycles. The van der Waals surface area contributed by atoms with Crippen molar-refractivity contribution in [2.75, 3.05) is 33.5 Å². The van der Waals surface area contributed by atoms with Crippen molar-refractivity contribution >= 4 is 24.1 Å². The molecule has 14 nitrogen and oxygen atoms in total. The van der Waals surface area contributed by atoms with Crippen LogP contribution < -0.4 is 10.6 Å². The summed E-state index contributed by atoms with van der Waals surface area (Å²) in [4.78, 5) is 47.4. The van der Waals surface area contributed by atoms with E-state index in [0.717, 1.165) is 12.8 Å². The van der Waals surface area contributed by atoms with Gasteiger partial charge in [0.15, 0.2) is 11.6 Å². The standard InChI is InChI=1S/C16H27NO6.C15H25NO6/c1-15(2,3)23-14(19)17-12(13(18)20-4)11-5-7-16(8-6-11)21-9-10-22-16;1-14(2,3)22-13(19)16-11(12(17)18)10-4-6-15(7-5-10)20-8-9-21-15/h11-12H,5-10H2,1-4H3,(H,17,19);10-11H,4-9H2,1-3H3,(H,16,19)(H,17,18). The highest BCUT2D eigenvalue weighted by molar-refractivity contribution is 5.82. The van der Waals surface area contributed by atoms with Crippen molar-refractivity contribution in [2.45, 2.75) is 128 Å². The van der Waals surface area contributed by atoms with E-state index < -0.39 is 59.0 Å². The molecule has 3 N–H and O–H groups in total. The van der Waals surface area contributed by atoms with Gasteiger partial charge in [0.1, 0.15) is 23.3 Å². The van der Waals surface area contributed by atoms with Crippen LogP contribution in [-0.2, 0) is 42.7 Å². The van der Waals surface area contributed by atoms with Crippen LogP contribution in [0.1, 0.15) is 92.9 Å². The fourth-order valence-corrected chi connectivity index (χ4v) is 6.14. The number of amides is 2. The second-order valence-electron chi connectivity index (χ2n) is 14.0. The van der Waals surface area contributed by atoms with Crippen LogP contribution in [-0.4, -0.2) is 97.6 Å². The van der Waals surface area contributed by atoms with E-state index in [1.807, 2.05) is 0 Å². The SMILES string of the molecule is CC(C)(C)OC(=O)NC(C(=O)O)C1CCC2(CC1)OCCO2.COC(=O)C(NC(=O)OC(C)(C)C)C1CCC2(CC1)OCCO2. The second kappa shape index (κ2) is 15.3. The molecule has 0 aromatic rings. The lowest BCUT2D eigenvalue weighted by molar-refractivity contribution is -0.185. The van der Waals surface area contributed by atoms with Crippen LogP contribution in [0, 0.1) is 11.8 Å². The molecule has 2 aliphatic carbocycles. The van der Waals surface area contributed by atoms with E-state index in [9.17, 15) is 24.3 Å². The third-order valence-electron chi connectivity index (χ3n) is 8.22. The normalized spacial score (nSPS) is 24.1. The van der Waals surface area contributed by atoms with Crippen molar-refractivity contribution in [3.05, 3.63) is 0 Å². The molecule has 4 rings (SSSR count). The van der Waals surface area contributed by atoms with Crippen LogP contribution in [0.2, 0.25) is 0 Å². The molecule has 0 bridgehead atoms. The number of carbonyl (C=O) groups is 4. The highest BCUT2D eigenvalue weighted by Gasteiger charge is 2.45. The first kappa shape index (κ1) is 36.8. The number of carboxylic acids is 1. The van der Waals surface area contributed by atoms with Crippen molar-refractivity contribution in [3.63, 3.8) is 0 Å². The van der Waals surface area contributed by atoms with Crippen LogP contribution in [0.3, 0.4) is 0 Å². The molecule has 2 spiro atoms. The van der Waals surface area contributed by atoms with Gasteiger partial charge >= 0.3 is 24.1 Å². The van der Waals surface area contributed by atoms with Crippen LogP contribution in [0.15, 0.2) is 0 Å². The summed E-state index contributed by atoms with van der Waals surface area (Å²) in [6, 6.07) is -1.66. The predicted molar refractivity (Wildman–Crippen MR) is 159 cm³/mol. The van der Waals surface area contributed by atoms with Crippen molar-refractivity contribution in [3.8, 4) is 0 Å². The zero-order chi connectivity index (χ0) is 33.5. The number of hydrogen-bond donors (Lipinski definition) is 3. The third-order valence-corrected chi connectivity index (χ3v) is 8.22. The topological polar surface area (TPSA) is 177 Å². The van der Waals surface area contributed by atoms with Crippen molar-refractivity contribution in [1.29, 1.82) is 0 Å². The van der Waals surface area contributed by atoms with Gasteiger partial charge in [0.2, 0.25) is 0 Å². The molecule has 2 amide bonds. The lowest BCUT2D eigenvalue weighted by Gasteiger charge is -2.37. The molecular weight excluding hydrogens is 592 g/mol. The predicted octanol–water partition coefficient (Wildman–Crippen LogP) is 3.88. The molecule has 0 radical (unpaired) electrons. The number of carboxylic acid groups (broad SMARTS) is 1. The molecule has 2 saturated heterocycles. The van der Waals surface area contributed by atoms with Gasteiger partial charge in [-0.05, 0) is 79.1 Å². The van der Waals surface area contributed by atoms with Gasteiger partial charge in [0.05, 0.1) is 33.5 Å². The Kier molecular flexibility index (Phi) is 12.5. The number of carbonyl (C=O) groups excluding carboxylic acids is 3. The number of nitrogens with one attached hydrogen (secondary N) is 2. The minimum Gasteiger partial charge on any atom is -0.480 e. The second-order valence-corrected chi connectivity index (χ2v) is 14.0. The first-order valence-electron chi connectivity index (χ1n) is 15.8. The molecule has 0 aromatic carbocycles. The molecule has 0 aromatic heterocycles. The summed E-state index contributed by atoms with van der Waals surface area (Å²) in [7, 11) is 1.32. The molecule has 4 aliphatic rings. The summed E-state index contributed by atoms with van der Waals surface area (Å²) in [6.45, 7) is 12.9. The molecule has 45 heavy (non-hydrogen) atoms. The van der Waals surface area contributed by atoms with E-state index in [2.05, 4.69) is 10.6 Å². The van der Waals surface area contributed by atoms with E-state index in [1.54, 1.807) is 41.5 Å². The molecule has 14 heteroatoms.